The van der Waals surface area contributed by atoms with Crippen LogP contribution in [0.25, 0.3) is 0 Å². The number of carbonyl (C=O) groups is 1. The van der Waals surface area contributed by atoms with Crippen molar-refractivity contribution in [3.05, 3.63) is 21.4 Å². The van der Waals surface area contributed by atoms with Crippen LogP contribution in [0.2, 0.25) is 0 Å². The Morgan fingerprint density at radius 1 is 1.67 bits per heavy atom. The van der Waals surface area contributed by atoms with Crippen LogP contribution in [0, 0.1) is 18.8 Å². The van der Waals surface area contributed by atoms with Gasteiger partial charge in [0.05, 0.1) is 16.4 Å². The van der Waals surface area contributed by atoms with Gasteiger partial charge in [-0.05, 0) is 18.6 Å². The second-order valence-corrected chi connectivity index (χ2v) is 6.01. The quantitative estimate of drug-likeness (QED) is 0.812. The summed E-state index contributed by atoms with van der Waals surface area (Å²) in [5.41, 5.74) is 0.526. The van der Waals surface area contributed by atoms with Gasteiger partial charge in [0.25, 0.3) is 5.91 Å². The fourth-order valence-corrected chi connectivity index (χ4v) is 3.09. The molecule has 6 heteroatoms. The highest BCUT2D eigenvalue weighted by molar-refractivity contribution is 7.14. The molecule has 1 unspecified atom stereocenters. The van der Waals surface area contributed by atoms with Gasteiger partial charge < -0.3 is 19.9 Å². The van der Waals surface area contributed by atoms with E-state index in [4.69, 9.17) is 14.6 Å². The van der Waals surface area contributed by atoms with Crippen molar-refractivity contribution in [2.45, 2.75) is 18.9 Å². The van der Waals surface area contributed by atoms with E-state index in [0.717, 1.165) is 16.9 Å². The fourth-order valence-electron chi connectivity index (χ4n) is 2.13. The fraction of sp³-hybridized carbons (Fsp3) is 0.533. The predicted octanol–water partition coefficient (Wildman–Crippen LogP) is 0.936. The van der Waals surface area contributed by atoms with E-state index in [9.17, 15) is 4.79 Å². The van der Waals surface area contributed by atoms with Gasteiger partial charge in [-0.2, -0.15) is 0 Å². The first kappa shape index (κ1) is 16.0. The van der Waals surface area contributed by atoms with Gasteiger partial charge >= 0.3 is 0 Å². The predicted molar refractivity (Wildman–Crippen MR) is 80.5 cm³/mol. The Kier molecular flexibility index (Phi) is 5.37. The molecule has 114 valence electrons. The van der Waals surface area contributed by atoms with Crippen molar-refractivity contribution in [3.63, 3.8) is 0 Å². The average molecular weight is 309 g/mol. The molecule has 1 amide bonds. The summed E-state index contributed by atoms with van der Waals surface area (Å²) in [6, 6.07) is 1.81. The molecule has 1 atom stereocenters. The minimum atomic E-state index is -0.415. The molecule has 0 saturated carbocycles. The van der Waals surface area contributed by atoms with Crippen LogP contribution in [-0.4, -0.2) is 50.1 Å². The van der Waals surface area contributed by atoms with Gasteiger partial charge in [0.15, 0.2) is 0 Å². The summed E-state index contributed by atoms with van der Waals surface area (Å²) in [7, 11) is 1.64. The molecule has 0 radical (unpaired) electrons. The molecule has 2 heterocycles. The summed E-state index contributed by atoms with van der Waals surface area (Å²) in [5, 5.41) is 11.6. The first-order valence-electron chi connectivity index (χ1n) is 6.71. The Balaban J connectivity index is 2.00. The van der Waals surface area contributed by atoms with Crippen molar-refractivity contribution >= 4 is 17.2 Å². The lowest BCUT2D eigenvalue weighted by Gasteiger charge is -2.25. The molecular formula is C15H19NO4S. The number of aryl methyl sites for hydroxylation is 1. The van der Waals surface area contributed by atoms with Gasteiger partial charge in [-0.25, -0.2) is 0 Å². The first-order valence-corrected chi connectivity index (χ1v) is 7.53. The number of aliphatic hydroxyl groups is 1. The van der Waals surface area contributed by atoms with Crippen LogP contribution in [0.3, 0.4) is 0 Å². The zero-order valence-corrected chi connectivity index (χ0v) is 13.0. The molecule has 21 heavy (non-hydrogen) atoms. The number of methoxy groups -OCH3 is 1. The molecule has 0 aliphatic carbocycles. The normalized spacial score (nSPS) is 20.9. The van der Waals surface area contributed by atoms with E-state index in [1.165, 1.54) is 11.3 Å². The molecule has 1 aliphatic rings. The maximum absolute atomic E-state index is 12.2. The second kappa shape index (κ2) is 7.05. The number of hydrogen-bond donors (Lipinski definition) is 2. The van der Waals surface area contributed by atoms with E-state index >= 15 is 0 Å². The van der Waals surface area contributed by atoms with Crippen LogP contribution in [0.4, 0.5) is 0 Å². The third-order valence-corrected chi connectivity index (χ3v) is 4.65. The molecule has 0 spiro atoms. The number of rotatable bonds is 4. The van der Waals surface area contributed by atoms with Gasteiger partial charge in [0, 0.05) is 26.7 Å². The van der Waals surface area contributed by atoms with Crippen molar-refractivity contribution in [1.29, 1.82) is 0 Å². The van der Waals surface area contributed by atoms with Crippen LogP contribution in [0.5, 0.6) is 0 Å². The highest BCUT2D eigenvalue weighted by atomic mass is 32.1. The van der Waals surface area contributed by atoms with Gasteiger partial charge in [0.1, 0.15) is 12.2 Å². The van der Waals surface area contributed by atoms with Crippen LogP contribution >= 0.6 is 11.3 Å². The zero-order chi connectivity index (χ0) is 15.3. The molecule has 1 aromatic heterocycles. The van der Waals surface area contributed by atoms with E-state index in [2.05, 4.69) is 17.2 Å². The first-order chi connectivity index (χ1) is 10.1. The van der Waals surface area contributed by atoms with E-state index in [1.54, 1.807) is 7.11 Å². The highest BCUT2D eigenvalue weighted by Crippen LogP contribution is 2.23. The van der Waals surface area contributed by atoms with Crippen LogP contribution < -0.4 is 5.32 Å². The molecule has 1 aliphatic heterocycles. The second-order valence-electron chi connectivity index (χ2n) is 4.96. The lowest BCUT2D eigenvalue weighted by Crippen LogP contribution is -2.44. The Hall–Kier alpha value is -1.39. The molecule has 0 bridgehead atoms. The number of thiophene rings is 1. The number of amides is 1. The van der Waals surface area contributed by atoms with Gasteiger partial charge in [0.2, 0.25) is 0 Å². The summed E-state index contributed by atoms with van der Waals surface area (Å²) in [4.78, 5) is 13.6. The maximum atomic E-state index is 12.2. The zero-order valence-electron chi connectivity index (χ0n) is 12.2. The monoisotopic (exact) mass is 309 g/mol. The largest absolute Gasteiger partial charge is 0.384 e. The minimum absolute atomic E-state index is 0.136. The van der Waals surface area contributed by atoms with Crippen molar-refractivity contribution in [2.75, 3.05) is 33.5 Å². The van der Waals surface area contributed by atoms with E-state index in [-0.39, 0.29) is 12.5 Å². The van der Waals surface area contributed by atoms with E-state index in [0.29, 0.717) is 24.6 Å². The Morgan fingerprint density at radius 3 is 3.10 bits per heavy atom. The van der Waals surface area contributed by atoms with Crippen molar-refractivity contribution in [2.24, 2.45) is 0 Å². The van der Waals surface area contributed by atoms with Crippen LogP contribution in [-0.2, 0) is 9.47 Å². The lowest BCUT2D eigenvalue weighted by molar-refractivity contribution is -0.0148. The van der Waals surface area contributed by atoms with Crippen molar-refractivity contribution < 1.29 is 19.4 Å². The average Bonchev–Trinajstić information content (AvgIpc) is 3.10. The SMILES string of the molecule is COC1(CNC(=O)c2cc(C)c(C#CCO)s2)CCOC1. The number of ether oxygens (including phenoxy) is 2. The van der Waals surface area contributed by atoms with Crippen LogP contribution in [0.1, 0.15) is 26.5 Å². The third-order valence-electron chi connectivity index (χ3n) is 3.49. The lowest BCUT2D eigenvalue weighted by atomic mass is 10.0. The number of carbonyl (C=O) groups excluding carboxylic acids is 1. The maximum Gasteiger partial charge on any atom is 0.261 e. The molecule has 5 nitrogen and oxygen atoms in total. The molecular weight excluding hydrogens is 290 g/mol. The van der Waals surface area contributed by atoms with Crippen molar-refractivity contribution in [3.8, 4) is 11.8 Å². The standard InChI is InChI=1S/C15H19NO4S/c1-11-8-13(21-12(11)4-3-6-17)14(18)16-9-15(19-2)5-7-20-10-15/h8,17H,5-7,9-10H2,1-2H3,(H,16,18). The van der Waals surface area contributed by atoms with E-state index < -0.39 is 5.60 Å². The topological polar surface area (TPSA) is 67.8 Å². The highest BCUT2D eigenvalue weighted by Gasteiger charge is 2.35. The number of hydrogen-bond acceptors (Lipinski definition) is 5. The summed E-state index contributed by atoms with van der Waals surface area (Å²) >= 11 is 1.33. The third kappa shape index (κ3) is 3.83. The molecule has 1 fully saturated rings. The smallest absolute Gasteiger partial charge is 0.261 e. The molecule has 2 rings (SSSR count). The Labute approximate surface area is 128 Å². The summed E-state index contributed by atoms with van der Waals surface area (Å²) in [6.45, 7) is 3.30. The molecule has 0 aromatic carbocycles. The van der Waals surface area contributed by atoms with Gasteiger partial charge in [-0.15, -0.1) is 11.3 Å². The summed E-state index contributed by atoms with van der Waals surface area (Å²) in [5.74, 6) is 5.31. The Morgan fingerprint density at radius 2 is 2.48 bits per heavy atom. The van der Waals surface area contributed by atoms with Gasteiger partial charge in [-0.1, -0.05) is 11.8 Å². The van der Waals surface area contributed by atoms with Gasteiger partial charge in [-0.3, -0.25) is 4.79 Å². The molecule has 2 N–H and O–H groups in total. The summed E-state index contributed by atoms with van der Waals surface area (Å²) < 4.78 is 10.8. The van der Waals surface area contributed by atoms with Crippen molar-refractivity contribution in [1.82, 2.24) is 5.32 Å². The molecule has 1 saturated heterocycles. The Bertz CT molecular complexity index is 564. The number of nitrogens with one attached hydrogen (secondary N) is 1. The minimum Gasteiger partial charge on any atom is -0.384 e. The number of aliphatic hydroxyl groups excluding tert-OH is 1. The van der Waals surface area contributed by atoms with Crippen LogP contribution in [0.15, 0.2) is 6.07 Å². The summed E-state index contributed by atoms with van der Waals surface area (Å²) in [6.07, 6.45) is 0.778. The molecule has 1 aromatic rings. The van der Waals surface area contributed by atoms with E-state index in [1.807, 2.05) is 13.0 Å².